The summed E-state index contributed by atoms with van der Waals surface area (Å²) in [5.74, 6) is 0.637. The Morgan fingerprint density at radius 3 is 1.71 bits per heavy atom. The zero-order valence-electron chi connectivity index (χ0n) is 31.7. The fourth-order valence-electron chi connectivity index (χ4n) is 9.22. The van der Waals surface area contributed by atoms with Gasteiger partial charge in [-0.25, -0.2) is 9.97 Å². The third-order valence-corrected chi connectivity index (χ3v) is 12.2. The predicted molar refractivity (Wildman–Crippen MR) is 227 cm³/mol. The van der Waals surface area contributed by atoms with E-state index in [1.807, 2.05) is 30.7 Å². The van der Waals surface area contributed by atoms with Crippen LogP contribution in [0.15, 0.2) is 152 Å². The summed E-state index contributed by atoms with van der Waals surface area (Å²) >= 11 is 0. The molecule has 0 amide bonds. The molecular formula is C51H37N5. The molecule has 5 nitrogen and oxygen atoms in total. The molecule has 0 N–H and O–H groups in total. The van der Waals surface area contributed by atoms with Gasteiger partial charge in [0.2, 0.25) is 0 Å². The van der Waals surface area contributed by atoms with Crippen molar-refractivity contribution in [3.8, 4) is 67.7 Å². The minimum absolute atomic E-state index is 0.145. The molecule has 4 heterocycles. The van der Waals surface area contributed by atoms with Crippen molar-refractivity contribution < 1.29 is 0 Å². The van der Waals surface area contributed by atoms with Crippen molar-refractivity contribution in [1.82, 2.24) is 24.9 Å². The van der Waals surface area contributed by atoms with Gasteiger partial charge < -0.3 is 0 Å². The number of hydrogen-bond donors (Lipinski definition) is 0. The molecule has 266 valence electrons. The number of nitrogens with zero attached hydrogens (tertiary/aromatic N) is 5. The first-order valence-corrected chi connectivity index (χ1v) is 19.2. The minimum Gasteiger partial charge on any atom is -0.256 e. The van der Waals surface area contributed by atoms with E-state index in [9.17, 15) is 0 Å². The van der Waals surface area contributed by atoms with E-state index < -0.39 is 0 Å². The van der Waals surface area contributed by atoms with Crippen LogP contribution in [0.25, 0.3) is 89.2 Å². The van der Waals surface area contributed by atoms with Crippen molar-refractivity contribution >= 4 is 21.5 Å². The van der Waals surface area contributed by atoms with Crippen LogP contribution in [0.3, 0.4) is 0 Å². The molecule has 0 saturated carbocycles. The molecule has 0 fully saturated rings. The third-order valence-electron chi connectivity index (χ3n) is 12.2. The van der Waals surface area contributed by atoms with Crippen LogP contribution < -0.4 is 0 Å². The smallest absolute Gasteiger partial charge is 0.161 e. The van der Waals surface area contributed by atoms with E-state index in [2.05, 4.69) is 149 Å². The minimum atomic E-state index is -0.293. The molecule has 0 radical (unpaired) electrons. The topological polar surface area (TPSA) is 64.5 Å². The molecule has 2 aliphatic carbocycles. The van der Waals surface area contributed by atoms with Gasteiger partial charge in [0, 0.05) is 62.8 Å². The summed E-state index contributed by atoms with van der Waals surface area (Å²) in [6.45, 7) is 9.21. The van der Waals surface area contributed by atoms with Gasteiger partial charge >= 0.3 is 0 Å². The SMILES string of the molecule is CC1(C)c2cc3c(cc2-c2ncccc21)C(C)(C)c1cc(-c2nc(-c4ccnc(-c5cccc6ccccc56)c4)cc(-c4cccc5ccccc45)n2)cnc1-3. The average molecular weight is 720 g/mol. The standard InChI is InChI=1S/C51H37N5/c1-50(2)40-20-11-22-53-47(40)38-26-42-39(27-41(38)50)48-43(51(42,3)4)24-33(29-54-48)49-55-44(28-46(56-49)37-19-10-15-31-13-6-8-17-35(31)37)32-21-23-52-45(25-32)36-18-9-14-30-12-5-7-16-34(30)36/h5-29H,1-4H3. The van der Waals surface area contributed by atoms with E-state index in [4.69, 9.17) is 24.9 Å². The van der Waals surface area contributed by atoms with Gasteiger partial charge in [0.25, 0.3) is 0 Å². The Labute approximate surface area is 325 Å². The Bertz CT molecular complexity index is 3090. The maximum atomic E-state index is 5.31. The summed E-state index contributed by atoms with van der Waals surface area (Å²) in [4.78, 5) is 25.6. The number of hydrogen-bond acceptors (Lipinski definition) is 5. The normalized spacial score (nSPS) is 14.4. The summed E-state index contributed by atoms with van der Waals surface area (Å²) in [7, 11) is 0. The van der Waals surface area contributed by atoms with Gasteiger partial charge in [0.1, 0.15) is 0 Å². The lowest BCUT2D eigenvalue weighted by Crippen LogP contribution is -2.17. The molecule has 0 atom stereocenters. The lowest BCUT2D eigenvalue weighted by molar-refractivity contribution is 0.651. The van der Waals surface area contributed by atoms with Crippen LogP contribution in [-0.2, 0) is 10.8 Å². The van der Waals surface area contributed by atoms with Crippen LogP contribution in [0.5, 0.6) is 0 Å². The highest BCUT2D eigenvalue weighted by Crippen LogP contribution is 2.55. The quantitative estimate of drug-likeness (QED) is 0.181. The monoisotopic (exact) mass is 719 g/mol. The maximum Gasteiger partial charge on any atom is 0.161 e. The average Bonchev–Trinajstić information content (AvgIpc) is 3.61. The lowest BCUT2D eigenvalue weighted by atomic mass is 9.79. The summed E-state index contributed by atoms with van der Waals surface area (Å²) in [5, 5.41) is 4.67. The van der Waals surface area contributed by atoms with Crippen molar-refractivity contribution in [2.75, 3.05) is 0 Å². The highest BCUT2D eigenvalue weighted by Gasteiger charge is 2.43. The highest BCUT2D eigenvalue weighted by atomic mass is 14.9. The first kappa shape index (κ1) is 32.6. The van der Waals surface area contributed by atoms with Crippen molar-refractivity contribution in [2.45, 2.75) is 38.5 Å². The Morgan fingerprint density at radius 1 is 0.393 bits per heavy atom. The summed E-state index contributed by atoms with van der Waals surface area (Å²) in [6.07, 6.45) is 5.75. The Kier molecular flexibility index (Phi) is 6.88. The van der Waals surface area contributed by atoms with Gasteiger partial charge in [-0.3, -0.25) is 15.0 Å². The fraction of sp³-hybridized carbons (Fsp3) is 0.118. The summed E-state index contributed by atoms with van der Waals surface area (Å²) in [5.41, 5.74) is 15.7. The molecular weight excluding hydrogens is 683 g/mol. The molecule has 4 aromatic heterocycles. The molecule has 0 unspecified atom stereocenters. The van der Waals surface area contributed by atoms with Crippen LogP contribution in [0.1, 0.15) is 49.9 Å². The number of pyridine rings is 3. The van der Waals surface area contributed by atoms with Crippen molar-refractivity contribution in [3.05, 3.63) is 174 Å². The van der Waals surface area contributed by atoms with Gasteiger partial charge in [0.05, 0.1) is 28.5 Å². The molecule has 56 heavy (non-hydrogen) atoms. The van der Waals surface area contributed by atoms with Crippen LogP contribution in [0.4, 0.5) is 0 Å². The van der Waals surface area contributed by atoms with Crippen LogP contribution >= 0.6 is 0 Å². The van der Waals surface area contributed by atoms with Gasteiger partial charge in [-0.15, -0.1) is 0 Å². The zero-order chi connectivity index (χ0) is 37.8. The molecule has 11 rings (SSSR count). The van der Waals surface area contributed by atoms with Crippen LogP contribution in [-0.4, -0.2) is 24.9 Å². The van der Waals surface area contributed by atoms with Gasteiger partial charge in [-0.2, -0.15) is 0 Å². The van der Waals surface area contributed by atoms with E-state index in [1.165, 1.54) is 49.5 Å². The number of benzene rings is 5. The van der Waals surface area contributed by atoms with Gasteiger partial charge in [-0.1, -0.05) is 119 Å². The highest BCUT2D eigenvalue weighted by molar-refractivity contribution is 5.98. The molecule has 0 spiro atoms. The second kappa shape index (κ2) is 11.8. The Balaban J connectivity index is 1.08. The number of fused-ring (bicyclic) bond motifs is 8. The predicted octanol–water partition coefficient (Wildman–Crippen LogP) is 12.2. The second-order valence-corrected chi connectivity index (χ2v) is 16.2. The number of rotatable bonds is 4. The van der Waals surface area contributed by atoms with E-state index in [1.54, 1.807) is 0 Å². The van der Waals surface area contributed by atoms with E-state index in [0.29, 0.717) is 5.82 Å². The molecule has 5 heteroatoms. The molecule has 9 aromatic rings. The van der Waals surface area contributed by atoms with Crippen LogP contribution in [0.2, 0.25) is 0 Å². The Morgan fingerprint density at radius 2 is 1.00 bits per heavy atom. The second-order valence-electron chi connectivity index (χ2n) is 16.2. The van der Waals surface area contributed by atoms with E-state index in [-0.39, 0.29) is 10.8 Å². The first-order valence-electron chi connectivity index (χ1n) is 19.2. The Hall–Kier alpha value is -6.85. The van der Waals surface area contributed by atoms with Crippen molar-refractivity contribution in [2.24, 2.45) is 0 Å². The number of aromatic nitrogens is 5. The largest absolute Gasteiger partial charge is 0.256 e. The zero-order valence-corrected chi connectivity index (χ0v) is 31.7. The van der Waals surface area contributed by atoms with Crippen LogP contribution in [0, 0.1) is 0 Å². The van der Waals surface area contributed by atoms with E-state index >= 15 is 0 Å². The van der Waals surface area contributed by atoms with Crippen molar-refractivity contribution in [3.63, 3.8) is 0 Å². The third kappa shape index (κ3) is 4.77. The van der Waals surface area contributed by atoms with E-state index in [0.717, 1.165) is 56.1 Å². The molecule has 0 aliphatic heterocycles. The molecule has 0 saturated heterocycles. The maximum absolute atomic E-state index is 5.31. The fourth-order valence-corrected chi connectivity index (χ4v) is 9.22. The lowest BCUT2D eigenvalue weighted by Gasteiger charge is -2.24. The summed E-state index contributed by atoms with van der Waals surface area (Å²) < 4.78 is 0. The van der Waals surface area contributed by atoms with Gasteiger partial charge in [-0.05, 0) is 86.3 Å². The van der Waals surface area contributed by atoms with Crippen molar-refractivity contribution in [1.29, 1.82) is 0 Å². The van der Waals surface area contributed by atoms with Gasteiger partial charge in [0.15, 0.2) is 5.82 Å². The first-order chi connectivity index (χ1) is 27.3. The molecule has 2 aliphatic rings. The molecule has 5 aromatic carbocycles. The molecule has 0 bridgehead atoms. The summed E-state index contributed by atoms with van der Waals surface area (Å²) in [6, 6.07) is 47.3.